The molecule has 0 saturated heterocycles. The van der Waals surface area contributed by atoms with E-state index in [1.165, 1.54) is 5.56 Å². The van der Waals surface area contributed by atoms with Crippen LogP contribution in [0.3, 0.4) is 0 Å². The van der Waals surface area contributed by atoms with E-state index >= 15 is 0 Å². The van der Waals surface area contributed by atoms with Gasteiger partial charge in [0.25, 0.3) is 5.91 Å². The fourth-order valence-corrected chi connectivity index (χ4v) is 6.40. The first-order chi connectivity index (χ1) is 19.0. The molecule has 0 fully saturated rings. The summed E-state index contributed by atoms with van der Waals surface area (Å²) >= 11 is 0. The van der Waals surface area contributed by atoms with Gasteiger partial charge in [-0.25, -0.2) is 4.68 Å². The van der Waals surface area contributed by atoms with Gasteiger partial charge < -0.3 is 10.0 Å². The topological polar surface area (TPSA) is 88.3 Å². The number of aliphatic carboxylic acids is 1. The van der Waals surface area contributed by atoms with E-state index in [0.717, 1.165) is 73.1 Å². The Morgan fingerprint density at radius 2 is 1.65 bits per heavy atom. The van der Waals surface area contributed by atoms with Crippen LogP contribution in [-0.2, 0) is 24.3 Å². The molecular formula is C33H38N4O3. The average Bonchev–Trinajstić information content (AvgIpc) is 3.35. The van der Waals surface area contributed by atoms with Crippen LogP contribution < -0.4 is 0 Å². The normalized spacial score (nSPS) is 13.9. The van der Waals surface area contributed by atoms with Crippen molar-refractivity contribution in [2.75, 3.05) is 6.54 Å². The Balaban J connectivity index is 1.55. The van der Waals surface area contributed by atoms with Crippen molar-refractivity contribution in [1.29, 1.82) is 0 Å². The summed E-state index contributed by atoms with van der Waals surface area (Å²) < 4.78 is 1.85. The number of carboxylic acid groups (broad SMARTS) is 1. The number of aromatic nitrogens is 3. The van der Waals surface area contributed by atoms with Gasteiger partial charge >= 0.3 is 5.97 Å². The fourth-order valence-electron chi connectivity index (χ4n) is 6.40. The van der Waals surface area contributed by atoms with Gasteiger partial charge in [-0.05, 0) is 117 Å². The van der Waals surface area contributed by atoms with Crippen molar-refractivity contribution in [3.05, 3.63) is 91.5 Å². The van der Waals surface area contributed by atoms with Gasteiger partial charge in [0.05, 0.1) is 11.9 Å². The van der Waals surface area contributed by atoms with Gasteiger partial charge in [-0.15, -0.1) is 5.10 Å². The summed E-state index contributed by atoms with van der Waals surface area (Å²) in [6, 6.07) is 10.4. The lowest BCUT2D eigenvalue weighted by molar-refractivity contribution is -0.137. The third-order valence-electron chi connectivity index (χ3n) is 8.89. The zero-order chi connectivity index (χ0) is 28.9. The number of carbonyl (C=O) groups excluding carboxylic acids is 1. The van der Waals surface area contributed by atoms with Crippen molar-refractivity contribution in [2.45, 2.75) is 80.3 Å². The molecule has 2 heterocycles. The first-order valence-electron chi connectivity index (χ1n) is 14.0. The van der Waals surface area contributed by atoms with Crippen molar-refractivity contribution in [2.24, 2.45) is 0 Å². The Labute approximate surface area is 235 Å². The van der Waals surface area contributed by atoms with Crippen LogP contribution in [0.5, 0.6) is 0 Å². The SMILES string of the molecule is CCn1nnc2c(C)c([C@H](CC(=O)O)c3cc(C)c4c(c3)CN(C(=O)c3c(C)c(C)cc(C)c3C)CC4)ccc21. The molecule has 1 aromatic heterocycles. The maximum absolute atomic E-state index is 13.9. The number of rotatable bonds is 6. The minimum atomic E-state index is -0.852. The van der Waals surface area contributed by atoms with E-state index in [0.29, 0.717) is 19.6 Å². The largest absolute Gasteiger partial charge is 0.481 e. The van der Waals surface area contributed by atoms with E-state index in [1.54, 1.807) is 0 Å². The number of amides is 1. The molecule has 1 atom stereocenters. The third kappa shape index (κ3) is 4.67. The minimum absolute atomic E-state index is 0.0317. The molecule has 5 rings (SSSR count). The highest BCUT2D eigenvalue weighted by Crippen LogP contribution is 2.36. The number of benzene rings is 3. The van der Waals surface area contributed by atoms with E-state index in [2.05, 4.69) is 49.3 Å². The van der Waals surface area contributed by atoms with Gasteiger partial charge in [-0.1, -0.05) is 29.5 Å². The van der Waals surface area contributed by atoms with Crippen LogP contribution in [0.1, 0.15) is 85.3 Å². The first kappa shape index (κ1) is 27.6. The van der Waals surface area contributed by atoms with E-state index in [-0.39, 0.29) is 18.2 Å². The predicted octanol–water partition coefficient (Wildman–Crippen LogP) is 6.11. The molecular weight excluding hydrogens is 500 g/mol. The van der Waals surface area contributed by atoms with Crippen LogP contribution in [0.2, 0.25) is 0 Å². The molecule has 0 spiro atoms. The number of hydrogen-bond donors (Lipinski definition) is 1. The molecule has 0 saturated carbocycles. The molecule has 3 aromatic carbocycles. The van der Waals surface area contributed by atoms with Crippen LogP contribution in [-0.4, -0.2) is 43.4 Å². The van der Waals surface area contributed by atoms with Gasteiger partial charge in [-0.3, -0.25) is 9.59 Å². The zero-order valence-corrected chi connectivity index (χ0v) is 24.6. The summed E-state index contributed by atoms with van der Waals surface area (Å²) in [5, 5.41) is 18.6. The van der Waals surface area contributed by atoms with Crippen molar-refractivity contribution in [3.63, 3.8) is 0 Å². The minimum Gasteiger partial charge on any atom is -0.481 e. The Bertz CT molecular complexity index is 1640. The molecule has 0 bridgehead atoms. The van der Waals surface area contributed by atoms with Crippen LogP contribution in [0.15, 0.2) is 30.3 Å². The van der Waals surface area contributed by atoms with Gasteiger partial charge in [0.1, 0.15) is 5.52 Å². The number of aryl methyl sites for hydroxylation is 5. The van der Waals surface area contributed by atoms with Crippen molar-refractivity contribution < 1.29 is 14.7 Å². The number of fused-ring (bicyclic) bond motifs is 2. The van der Waals surface area contributed by atoms with E-state index < -0.39 is 5.97 Å². The highest BCUT2D eigenvalue weighted by molar-refractivity contribution is 5.98. The number of carboxylic acids is 1. The predicted molar refractivity (Wildman–Crippen MR) is 157 cm³/mol. The molecule has 7 heteroatoms. The summed E-state index contributed by atoms with van der Waals surface area (Å²) in [5.41, 5.74) is 13.3. The number of nitrogens with zero attached hydrogens (tertiary/aromatic N) is 4. The van der Waals surface area contributed by atoms with Crippen LogP contribution >= 0.6 is 0 Å². The molecule has 208 valence electrons. The summed E-state index contributed by atoms with van der Waals surface area (Å²) in [6.45, 7) is 16.2. The Hall–Kier alpha value is -4.00. The number of hydrogen-bond acceptors (Lipinski definition) is 4. The first-order valence-corrected chi connectivity index (χ1v) is 14.0. The van der Waals surface area contributed by atoms with Gasteiger partial charge in [0, 0.05) is 31.1 Å². The highest BCUT2D eigenvalue weighted by atomic mass is 16.4. The highest BCUT2D eigenvalue weighted by Gasteiger charge is 2.28. The van der Waals surface area contributed by atoms with E-state index in [1.807, 2.05) is 49.4 Å². The quantitative estimate of drug-likeness (QED) is 0.320. The standard InChI is InChI=1S/C33H38N4O3/c1-8-37-29-10-9-27(23(7)32(29)34-35-37)28(16-30(38)39)24-14-20(4)26-11-12-36(17-25(26)15-24)33(40)31-21(5)18(2)13-19(3)22(31)6/h9-10,13-15,28H,8,11-12,16-17H2,1-7H3,(H,38,39)/t28-/m1/s1. The van der Waals surface area contributed by atoms with Gasteiger partial charge in [-0.2, -0.15) is 0 Å². The molecule has 0 unspecified atom stereocenters. The van der Waals surface area contributed by atoms with E-state index in [9.17, 15) is 14.7 Å². The van der Waals surface area contributed by atoms with Crippen LogP contribution in [0, 0.1) is 41.5 Å². The van der Waals surface area contributed by atoms with Gasteiger partial charge in [0.2, 0.25) is 0 Å². The Morgan fingerprint density at radius 3 is 2.30 bits per heavy atom. The molecule has 0 radical (unpaired) electrons. The molecule has 40 heavy (non-hydrogen) atoms. The third-order valence-corrected chi connectivity index (χ3v) is 8.89. The monoisotopic (exact) mass is 538 g/mol. The Kier molecular flexibility index (Phi) is 7.25. The molecule has 1 N–H and O–H groups in total. The summed E-state index contributed by atoms with van der Waals surface area (Å²) in [5.74, 6) is -1.12. The lowest BCUT2D eigenvalue weighted by atomic mass is 9.82. The average molecular weight is 539 g/mol. The molecule has 4 aromatic rings. The summed E-state index contributed by atoms with van der Waals surface area (Å²) in [4.78, 5) is 27.9. The van der Waals surface area contributed by atoms with Gasteiger partial charge in [0.15, 0.2) is 0 Å². The summed E-state index contributed by atoms with van der Waals surface area (Å²) in [7, 11) is 0. The maximum Gasteiger partial charge on any atom is 0.304 e. The lowest BCUT2D eigenvalue weighted by Gasteiger charge is -2.32. The second-order valence-corrected chi connectivity index (χ2v) is 11.3. The summed E-state index contributed by atoms with van der Waals surface area (Å²) in [6.07, 6.45) is 0.751. The second kappa shape index (κ2) is 10.5. The molecule has 0 aliphatic carbocycles. The maximum atomic E-state index is 13.9. The smallest absolute Gasteiger partial charge is 0.304 e. The molecule has 1 amide bonds. The molecule has 1 aliphatic rings. The molecule has 7 nitrogen and oxygen atoms in total. The van der Waals surface area contributed by atoms with E-state index in [4.69, 9.17) is 0 Å². The van der Waals surface area contributed by atoms with Crippen LogP contribution in [0.4, 0.5) is 0 Å². The van der Waals surface area contributed by atoms with Crippen LogP contribution in [0.25, 0.3) is 11.0 Å². The second-order valence-electron chi connectivity index (χ2n) is 11.3. The fraction of sp³-hybridized carbons (Fsp3) is 0.394. The molecule has 1 aliphatic heterocycles. The van der Waals surface area contributed by atoms with Crippen molar-refractivity contribution in [1.82, 2.24) is 19.9 Å². The lowest BCUT2D eigenvalue weighted by Crippen LogP contribution is -2.37. The number of carbonyl (C=O) groups is 2. The van der Waals surface area contributed by atoms with Crippen molar-refractivity contribution >= 4 is 22.9 Å². The Morgan fingerprint density at radius 1 is 0.950 bits per heavy atom. The zero-order valence-electron chi connectivity index (χ0n) is 24.6. The van der Waals surface area contributed by atoms with Crippen molar-refractivity contribution in [3.8, 4) is 0 Å².